The van der Waals surface area contributed by atoms with E-state index in [-0.39, 0.29) is 12.1 Å². The summed E-state index contributed by atoms with van der Waals surface area (Å²) >= 11 is 0. The molecule has 94 valence electrons. The lowest BCUT2D eigenvalue weighted by Gasteiger charge is -2.40. The Morgan fingerprint density at radius 3 is 2.88 bits per heavy atom. The summed E-state index contributed by atoms with van der Waals surface area (Å²) < 4.78 is 0. The van der Waals surface area contributed by atoms with E-state index in [0.29, 0.717) is 5.92 Å². The quantitative estimate of drug-likeness (QED) is 0.705. The number of aliphatic hydroxyl groups is 1. The van der Waals surface area contributed by atoms with Crippen molar-refractivity contribution in [2.45, 2.75) is 38.1 Å². The molecule has 1 aliphatic carbocycles. The zero-order valence-corrected chi connectivity index (χ0v) is 10.4. The Morgan fingerprint density at radius 2 is 2.24 bits per heavy atom. The number of nitrogens with two attached hydrogens (primary N) is 1. The molecule has 0 aliphatic heterocycles. The van der Waals surface area contributed by atoms with E-state index < -0.39 is 0 Å². The monoisotopic (exact) mass is 234 g/mol. The van der Waals surface area contributed by atoms with E-state index in [0.717, 1.165) is 24.2 Å². The van der Waals surface area contributed by atoms with E-state index in [4.69, 9.17) is 5.73 Å². The highest BCUT2D eigenvalue weighted by atomic mass is 16.3. The van der Waals surface area contributed by atoms with Gasteiger partial charge in [0, 0.05) is 0 Å². The van der Waals surface area contributed by atoms with Gasteiger partial charge in [-0.25, -0.2) is 0 Å². The van der Waals surface area contributed by atoms with Crippen LogP contribution in [0.4, 0.5) is 11.4 Å². The van der Waals surface area contributed by atoms with Crippen LogP contribution in [-0.2, 0) is 0 Å². The van der Waals surface area contributed by atoms with Crippen LogP contribution >= 0.6 is 0 Å². The fourth-order valence-electron chi connectivity index (χ4n) is 2.85. The summed E-state index contributed by atoms with van der Waals surface area (Å²) in [4.78, 5) is 0. The number of aliphatic hydroxyl groups excluding tert-OH is 1. The minimum absolute atomic E-state index is 0.172. The first-order valence-corrected chi connectivity index (χ1v) is 6.39. The van der Waals surface area contributed by atoms with E-state index >= 15 is 0 Å². The Balaban J connectivity index is 2.17. The van der Waals surface area contributed by atoms with Gasteiger partial charge in [0.1, 0.15) is 0 Å². The fraction of sp³-hybridized carbons (Fsp3) is 0.571. The first-order chi connectivity index (χ1) is 8.15. The number of nitrogen functional groups attached to an aromatic ring is 1. The third-order valence-corrected chi connectivity index (χ3v) is 3.75. The molecule has 2 unspecified atom stereocenters. The molecule has 0 spiro atoms. The van der Waals surface area contributed by atoms with Gasteiger partial charge < -0.3 is 16.2 Å². The number of rotatable bonds is 3. The number of nitrogens with one attached hydrogen (secondary N) is 1. The smallest absolute Gasteiger partial charge is 0.0661 e. The zero-order chi connectivity index (χ0) is 12.3. The van der Waals surface area contributed by atoms with Gasteiger partial charge in [-0.05, 0) is 30.9 Å². The second-order valence-electron chi connectivity index (χ2n) is 5.35. The van der Waals surface area contributed by atoms with Crippen LogP contribution in [0.25, 0.3) is 0 Å². The topological polar surface area (TPSA) is 58.3 Å². The van der Waals surface area contributed by atoms with Crippen LogP contribution in [0, 0.1) is 5.92 Å². The Hall–Kier alpha value is -1.22. The van der Waals surface area contributed by atoms with Crippen LogP contribution in [-0.4, -0.2) is 17.3 Å². The maximum Gasteiger partial charge on any atom is 0.0661 e. The molecule has 0 bridgehead atoms. The average molecular weight is 234 g/mol. The third-order valence-electron chi connectivity index (χ3n) is 3.75. The normalized spacial score (nSPS) is 28.9. The Bertz CT molecular complexity index is 380. The number of hydrogen-bond donors (Lipinski definition) is 3. The van der Waals surface area contributed by atoms with Crippen molar-refractivity contribution in [1.82, 2.24) is 0 Å². The first kappa shape index (κ1) is 12.2. The predicted molar refractivity (Wildman–Crippen MR) is 71.9 cm³/mol. The van der Waals surface area contributed by atoms with E-state index in [9.17, 15) is 5.11 Å². The predicted octanol–water partition coefficient (Wildman–Crippen LogP) is 2.62. The summed E-state index contributed by atoms with van der Waals surface area (Å²) in [7, 11) is 0. The molecule has 2 atom stereocenters. The second-order valence-corrected chi connectivity index (χ2v) is 5.35. The molecule has 0 heterocycles. The minimum atomic E-state index is -0.187. The van der Waals surface area contributed by atoms with Gasteiger partial charge in [-0.2, -0.15) is 0 Å². The highest BCUT2D eigenvalue weighted by Gasteiger charge is 2.34. The van der Waals surface area contributed by atoms with E-state index in [1.807, 2.05) is 24.3 Å². The van der Waals surface area contributed by atoms with Crippen molar-refractivity contribution >= 4 is 11.4 Å². The standard InChI is InChI=1S/C14H22N2O/c1-11-5-4-8-14(9-11,10-17)16-13-7-3-2-6-12(13)15/h2-3,6-7,11,16-17H,4-5,8-10,15H2,1H3. The van der Waals surface area contributed by atoms with Crippen LogP contribution in [0.3, 0.4) is 0 Å². The van der Waals surface area contributed by atoms with Crippen molar-refractivity contribution in [3.05, 3.63) is 24.3 Å². The van der Waals surface area contributed by atoms with Crippen LogP contribution in [0.5, 0.6) is 0 Å². The van der Waals surface area contributed by atoms with Gasteiger partial charge in [-0.15, -0.1) is 0 Å². The summed E-state index contributed by atoms with van der Waals surface area (Å²) in [6.07, 6.45) is 4.45. The van der Waals surface area contributed by atoms with Crippen LogP contribution < -0.4 is 11.1 Å². The van der Waals surface area contributed by atoms with E-state index in [2.05, 4.69) is 12.2 Å². The molecule has 1 fully saturated rings. The summed E-state index contributed by atoms with van der Waals surface area (Å²) in [5, 5.41) is 13.2. The average Bonchev–Trinajstić information content (AvgIpc) is 2.32. The van der Waals surface area contributed by atoms with Crippen molar-refractivity contribution in [2.24, 2.45) is 5.92 Å². The highest BCUT2D eigenvalue weighted by Crippen LogP contribution is 2.35. The zero-order valence-electron chi connectivity index (χ0n) is 10.4. The van der Waals surface area contributed by atoms with Gasteiger partial charge in [0.15, 0.2) is 0 Å². The molecule has 1 aromatic rings. The molecule has 1 aromatic carbocycles. The molecular formula is C14H22N2O. The Labute approximate surface area is 103 Å². The summed E-state index contributed by atoms with van der Waals surface area (Å²) in [6.45, 7) is 2.42. The molecule has 0 radical (unpaired) electrons. The van der Waals surface area contributed by atoms with Crippen molar-refractivity contribution in [3.63, 3.8) is 0 Å². The van der Waals surface area contributed by atoms with Gasteiger partial charge in [0.25, 0.3) is 0 Å². The van der Waals surface area contributed by atoms with Crippen molar-refractivity contribution in [3.8, 4) is 0 Å². The molecule has 3 heteroatoms. The number of anilines is 2. The lowest BCUT2D eigenvalue weighted by molar-refractivity contribution is 0.149. The highest BCUT2D eigenvalue weighted by molar-refractivity contribution is 5.66. The lowest BCUT2D eigenvalue weighted by atomic mass is 9.76. The molecule has 17 heavy (non-hydrogen) atoms. The molecule has 2 rings (SSSR count). The first-order valence-electron chi connectivity index (χ1n) is 6.39. The van der Waals surface area contributed by atoms with Gasteiger partial charge >= 0.3 is 0 Å². The SMILES string of the molecule is CC1CCCC(CO)(Nc2ccccc2N)C1. The third kappa shape index (κ3) is 2.72. The van der Waals surface area contributed by atoms with Gasteiger partial charge in [0.2, 0.25) is 0 Å². The molecule has 1 saturated carbocycles. The van der Waals surface area contributed by atoms with Gasteiger partial charge in [-0.3, -0.25) is 0 Å². The van der Waals surface area contributed by atoms with Gasteiger partial charge in [0.05, 0.1) is 23.5 Å². The summed E-state index contributed by atoms with van der Waals surface area (Å²) in [5.41, 5.74) is 7.44. The Morgan fingerprint density at radius 1 is 1.47 bits per heavy atom. The lowest BCUT2D eigenvalue weighted by Crippen LogP contribution is -2.46. The van der Waals surface area contributed by atoms with E-state index in [1.54, 1.807) is 0 Å². The summed E-state index contributed by atoms with van der Waals surface area (Å²) in [6, 6.07) is 7.76. The van der Waals surface area contributed by atoms with Crippen LogP contribution in [0.15, 0.2) is 24.3 Å². The molecule has 0 aromatic heterocycles. The molecule has 1 aliphatic rings. The number of hydrogen-bond acceptors (Lipinski definition) is 3. The maximum absolute atomic E-state index is 9.71. The van der Waals surface area contributed by atoms with Crippen molar-refractivity contribution < 1.29 is 5.11 Å². The van der Waals surface area contributed by atoms with Gasteiger partial charge in [-0.1, -0.05) is 31.9 Å². The molecular weight excluding hydrogens is 212 g/mol. The molecule has 0 saturated heterocycles. The minimum Gasteiger partial charge on any atom is -0.397 e. The maximum atomic E-state index is 9.71. The number of benzene rings is 1. The number of para-hydroxylation sites is 2. The van der Waals surface area contributed by atoms with Crippen molar-refractivity contribution in [1.29, 1.82) is 0 Å². The van der Waals surface area contributed by atoms with Crippen LogP contribution in [0.2, 0.25) is 0 Å². The molecule has 4 N–H and O–H groups in total. The molecule has 0 amide bonds. The Kier molecular flexibility index (Phi) is 3.57. The largest absolute Gasteiger partial charge is 0.397 e. The summed E-state index contributed by atoms with van der Waals surface area (Å²) in [5.74, 6) is 0.660. The fourth-order valence-corrected chi connectivity index (χ4v) is 2.85. The van der Waals surface area contributed by atoms with Crippen molar-refractivity contribution in [2.75, 3.05) is 17.7 Å². The second kappa shape index (κ2) is 4.96. The van der Waals surface area contributed by atoms with E-state index in [1.165, 1.54) is 12.8 Å². The molecule has 3 nitrogen and oxygen atoms in total. The van der Waals surface area contributed by atoms with Crippen LogP contribution in [0.1, 0.15) is 32.6 Å².